The molecule has 0 bridgehead atoms. The monoisotopic (exact) mass is 276 g/mol. The fourth-order valence-electron chi connectivity index (χ4n) is 1.64. The van der Waals surface area contributed by atoms with Crippen molar-refractivity contribution in [2.24, 2.45) is 0 Å². The molecule has 0 radical (unpaired) electrons. The normalized spacial score (nSPS) is 18.7. The Hall–Kier alpha value is -1.40. The maximum absolute atomic E-state index is 13.4. The van der Waals surface area contributed by atoms with E-state index in [4.69, 9.17) is 16.3 Å². The molecule has 0 aromatic heterocycles. The molecule has 1 atom stereocenters. The van der Waals surface area contributed by atoms with Gasteiger partial charge in [0.2, 0.25) is 0 Å². The fraction of sp³-hybridized carbons (Fsp3) is 0.364. The molecular formula is C11H11ClF2N2O2. The summed E-state index contributed by atoms with van der Waals surface area (Å²) in [5.74, 6) is -1.72. The average Bonchev–Trinajstić information content (AvgIpc) is 2.76. The van der Waals surface area contributed by atoms with E-state index in [-0.39, 0.29) is 16.8 Å². The van der Waals surface area contributed by atoms with Crippen LogP contribution in [0.4, 0.5) is 19.3 Å². The van der Waals surface area contributed by atoms with Crippen molar-refractivity contribution in [3.63, 3.8) is 0 Å². The van der Waals surface area contributed by atoms with Crippen LogP contribution in [0, 0.1) is 11.6 Å². The van der Waals surface area contributed by atoms with E-state index in [1.54, 1.807) is 0 Å². The molecule has 1 aliphatic rings. The zero-order chi connectivity index (χ0) is 13.1. The Labute approximate surface area is 107 Å². The lowest BCUT2D eigenvalue weighted by atomic mass is 10.2. The molecule has 0 spiro atoms. The second kappa shape index (κ2) is 5.49. The molecule has 4 nitrogen and oxygen atoms in total. The topological polar surface area (TPSA) is 50.4 Å². The molecule has 1 saturated heterocycles. The molecule has 2 N–H and O–H groups in total. The highest BCUT2D eigenvalue weighted by Crippen LogP contribution is 2.26. The number of hydrogen-bond acceptors (Lipinski definition) is 2. The van der Waals surface area contributed by atoms with E-state index in [1.807, 2.05) is 0 Å². The molecule has 0 saturated carbocycles. The minimum atomic E-state index is -0.919. The van der Waals surface area contributed by atoms with Crippen LogP contribution in [0.25, 0.3) is 0 Å². The van der Waals surface area contributed by atoms with Crippen molar-refractivity contribution in [1.29, 1.82) is 0 Å². The zero-order valence-corrected chi connectivity index (χ0v) is 10.1. The average molecular weight is 277 g/mol. The maximum atomic E-state index is 13.4. The Balaban J connectivity index is 2.02. The van der Waals surface area contributed by atoms with Crippen molar-refractivity contribution in [2.75, 3.05) is 18.5 Å². The van der Waals surface area contributed by atoms with Crippen molar-refractivity contribution in [1.82, 2.24) is 5.32 Å². The minimum absolute atomic E-state index is 0.104. The first kappa shape index (κ1) is 13.0. The highest BCUT2D eigenvalue weighted by molar-refractivity contribution is 6.33. The molecule has 18 heavy (non-hydrogen) atoms. The summed E-state index contributed by atoms with van der Waals surface area (Å²) in [6.45, 7) is 1.00. The minimum Gasteiger partial charge on any atom is -0.379 e. The number of nitrogens with one attached hydrogen (secondary N) is 2. The summed E-state index contributed by atoms with van der Waals surface area (Å²) >= 11 is 5.65. The Bertz CT molecular complexity index is 441. The molecule has 1 aliphatic heterocycles. The summed E-state index contributed by atoms with van der Waals surface area (Å²) < 4.78 is 31.3. The number of rotatable bonds is 2. The Morgan fingerprint density at radius 3 is 2.83 bits per heavy atom. The largest absolute Gasteiger partial charge is 0.379 e. The van der Waals surface area contributed by atoms with E-state index >= 15 is 0 Å². The van der Waals surface area contributed by atoms with Crippen LogP contribution in [0.5, 0.6) is 0 Å². The van der Waals surface area contributed by atoms with Crippen LogP contribution in [0.3, 0.4) is 0 Å². The van der Waals surface area contributed by atoms with Crippen molar-refractivity contribution < 1.29 is 18.3 Å². The van der Waals surface area contributed by atoms with Gasteiger partial charge in [-0.1, -0.05) is 11.6 Å². The lowest BCUT2D eigenvalue weighted by Crippen LogP contribution is -2.38. The van der Waals surface area contributed by atoms with Crippen LogP contribution in [-0.2, 0) is 4.74 Å². The van der Waals surface area contributed by atoms with E-state index in [1.165, 1.54) is 0 Å². The Morgan fingerprint density at radius 2 is 2.22 bits per heavy atom. The maximum Gasteiger partial charge on any atom is 0.319 e. The lowest BCUT2D eigenvalue weighted by molar-refractivity contribution is 0.189. The van der Waals surface area contributed by atoms with Gasteiger partial charge >= 0.3 is 6.03 Å². The molecule has 2 amide bonds. The lowest BCUT2D eigenvalue weighted by Gasteiger charge is -2.13. The molecule has 1 unspecified atom stereocenters. The van der Waals surface area contributed by atoms with E-state index in [0.29, 0.717) is 25.7 Å². The summed E-state index contributed by atoms with van der Waals surface area (Å²) in [6.07, 6.45) is 0.701. The highest BCUT2D eigenvalue weighted by Gasteiger charge is 2.19. The highest BCUT2D eigenvalue weighted by atomic mass is 35.5. The number of carbonyl (C=O) groups is 1. The first-order valence-corrected chi connectivity index (χ1v) is 5.74. The number of carbonyl (C=O) groups excluding carboxylic acids is 1. The summed E-state index contributed by atoms with van der Waals surface area (Å²) in [6, 6.07) is 0.879. The van der Waals surface area contributed by atoms with Crippen LogP contribution in [0.2, 0.25) is 5.02 Å². The second-order valence-electron chi connectivity index (χ2n) is 3.90. The fourth-order valence-corrected chi connectivity index (χ4v) is 1.89. The van der Waals surface area contributed by atoms with Crippen LogP contribution < -0.4 is 10.6 Å². The van der Waals surface area contributed by atoms with Crippen LogP contribution in [-0.4, -0.2) is 25.3 Å². The predicted octanol–water partition coefficient (Wildman–Crippen LogP) is 2.53. The van der Waals surface area contributed by atoms with Gasteiger partial charge in [-0.3, -0.25) is 0 Å². The van der Waals surface area contributed by atoms with Gasteiger partial charge in [-0.2, -0.15) is 0 Å². The van der Waals surface area contributed by atoms with Gasteiger partial charge in [0, 0.05) is 12.7 Å². The number of anilines is 1. The van der Waals surface area contributed by atoms with Gasteiger partial charge in [0.1, 0.15) is 5.82 Å². The number of ether oxygens (including phenoxy) is 1. The number of benzene rings is 1. The molecule has 7 heteroatoms. The smallest absolute Gasteiger partial charge is 0.319 e. The molecule has 1 aromatic carbocycles. The number of amides is 2. The molecular weight excluding hydrogens is 266 g/mol. The van der Waals surface area contributed by atoms with Crippen LogP contribution in [0.1, 0.15) is 6.42 Å². The number of hydrogen-bond donors (Lipinski definition) is 2. The van der Waals surface area contributed by atoms with Gasteiger partial charge in [0.25, 0.3) is 0 Å². The Morgan fingerprint density at radius 1 is 1.44 bits per heavy atom. The quantitative estimate of drug-likeness (QED) is 0.872. The van der Waals surface area contributed by atoms with E-state index in [2.05, 4.69) is 10.6 Å². The zero-order valence-electron chi connectivity index (χ0n) is 9.30. The summed E-state index contributed by atoms with van der Waals surface area (Å²) in [7, 11) is 0. The van der Waals surface area contributed by atoms with Gasteiger partial charge in [0.05, 0.1) is 23.4 Å². The van der Waals surface area contributed by atoms with Gasteiger partial charge in [-0.15, -0.1) is 0 Å². The summed E-state index contributed by atoms with van der Waals surface area (Å²) in [4.78, 5) is 11.6. The second-order valence-corrected chi connectivity index (χ2v) is 4.31. The standard InChI is InChI=1S/C11H11ClF2N2O2/c12-8-3-6(13)4-9(14)10(8)16-11(17)15-7-1-2-18-5-7/h3-4,7H,1-2,5H2,(H2,15,16,17). The Kier molecular flexibility index (Phi) is 3.98. The van der Waals surface area contributed by atoms with Crippen molar-refractivity contribution in [3.8, 4) is 0 Å². The summed E-state index contributed by atoms with van der Waals surface area (Å²) in [5.41, 5.74) is -0.241. The number of halogens is 3. The molecule has 2 rings (SSSR count). The van der Waals surface area contributed by atoms with E-state index in [0.717, 1.165) is 6.07 Å². The van der Waals surface area contributed by atoms with Gasteiger partial charge in [-0.25, -0.2) is 13.6 Å². The first-order valence-electron chi connectivity index (χ1n) is 5.36. The summed E-state index contributed by atoms with van der Waals surface area (Å²) in [5, 5.41) is 4.67. The van der Waals surface area contributed by atoms with Crippen molar-refractivity contribution in [2.45, 2.75) is 12.5 Å². The van der Waals surface area contributed by atoms with E-state index < -0.39 is 17.7 Å². The predicted molar refractivity (Wildman–Crippen MR) is 62.7 cm³/mol. The third kappa shape index (κ3) is 3.08. The first-order chi connectivity index (χ1) is 8.56. The van der Waals surface area contributed by atoms with E-state index in [9.17, 15) is 13.6 Å². The molecule has 0 aliphatic carbocycles. The van der Waals surface area contributed by atoms with Crippen molar-refractivity contribution >= 4 is 23.3 Å². The third-order valence-electron chi connectivity index (χ3n) is 2.51. The molecule has 1 fully saturated rings. The molecule has 1 aromatic rings. The van der Waals surface area contributed by atoms with Crippen LogP contribution >= 0.6 is 11.6 Å². The van der Waals surface area contributed by atoms with Gasteiger partial charge in [-0.05, 0) is 12.5 Å². The van der Waals surface area contributed by atoms with Gasteiger partial charge < -0.3 is 15.4 Å². The van der Waals surface area contributed by atoms with Gasteiger partial charge in [0.15, 0.2) is 5.82 Å². The van der Waals surface area contributed by atoms with Crippen molar-refractivity contribution in [3.05, 3.63) is 28.8 Å². The number of urea groups is 1. The third-order valence-corrected chi connectivity index (χ3v) is 2.81. The molecule has 1 heterocycles. The van der Waals surface area contributed by atoms with Crippen LogP contribution in [0.15, 0.2) is 12.1 Å². The SMILES string of the molecule is O=C(Nc1c(F)cc(F)cc1Cl)NC1CCOC1. The molecule has 98 valence electrons.